The van der Waals surface area contributed by atoms with Crippen molar-refractivity contribution in [3.63, 3.8) is 0 Å². The normalized spacial score (nSPS) is 12.3. The molecule has 0 atom stereocenters. The Morgan fingerprint density at radius 1 is 0.926 bits per heavy atom. The summed E-state index contributed by atoms with van der Waals surface area (Å²) in [5.41, 5.74) is 1.83. The molecule has 0 unspecified atom stereocenters. The van der Waals surface area contributed by atoms with E-state index < -0.39 is 0 Å². The fraction of sp³-hybridized carbons (Fsp3) is 0.364. The van der Waals surface area contributed by atoms with E-state index in [9.17, 15) is 0 Å². The number of benzene rings is 2. The SMILES string of the molecule is CCCCN(CCCC)C([Se])=NC(=Nc1ccccc1)c1ccc(Cl)cc1. The first-order valence-electron chi connectivity index (χ1n) is 9.54. The van der Waals surface area contributed by atoms with Crippen molar-refractivity contribution >= 4 is 43.9 Å². The molecule has 0 saturated carbocycles. The third-order valence-corrected chi connectivity index (χ3v) is 5.11. The van der Waals surface area contributed by atoms with Crippen LogP contribution >= 0.6 is 11.6 Å². The maximum absolute atomic E-state index is 6.06. The average molecular weight is 448 g/mol. The van der Waals surface area contributed by atoms with Crippen molar-refractivity contribution in [1.82, 2.24) is 4.90 Å². The number of aliphatic imine (C=N–C) groups is 2. The quantitative estimate of drug-likeness (QED) is 0.283. The van der Waals surface area contributed by atoms with Crippen LogP contribution in [0.2, 0.25) is 5.02 Å². The van der Waals surface area contributed by atoms with Gasteiger partial charge in [0.15, 0.2) is 0 Å². The molecule has 2 rings (SSSR count). The molecule has 27 heavy (non-hydrogen) atoms. The van der Waals surface area contributed by atoms with E-state index in [0.29, 0.717) is 10.9 Å². The zero-order chi connectivity index (χ0) is 19.5. The summed E-state index contributed by atoms with van der Waals surface area (Å²) in [7, 11) is 0. The van der Waals surface area contributed by atoms with Gasteiger partial charge in [-0.1, -0.05) is 0 Å². The molecular formula is C22H27ClN3Se. The summed E-state index contributed by atoms with van der Waals surface area (Å²) in [6.45, 7) is 6.43. The van der Waals surface area contributed by atoms with Crippen LogP contribution in [0.25, 0.3) is 0 Å². The molecule has 0 N–H and O–H groups in total. The summed E-state index contributed by atoms with van der Waals surface area (Å²) < 4.78 is 0.890. The molecular weight excluding hydrogens is 421 g/mol. The molecule has 0 fully saturated rings. The van der Waals surface area contributed by atoms with Gasteiger partial charge in [-0.15, -0.1) is 0 Å². The summed E-state index contributed by atoms with van der Waals surface area (Å²) in [4.78, 5) is 12.0. The Balaban J connectivity index is 2.37. The Labute approximate surface area is 176 Å². The van der Waals surface area contributed by atoms with Gasteiger partial charge in [0, 0.05) is 0 Å². The molecule has 0 saturated heterocycles. The first-order chi connectivity index (χ1) is 13.1. The Morgan fingerprint density at radius 3 is 2.07 bits per heavy atom. The molecule has 1 radical (unpaired) electrons. The molecule has 0 aliphatic carbocycles. The molecule has 5 heteroatoms. The van der Waals surface area contributed by atoms with Gasteiger partial charge in [-0.2, -0.15) is 0 Å². The maximum atomic E-state index is 6.06. The number of unbranched alkanes of at least 4 members (excludes halogenated alkanes) is 2. The minimum absolute atomic E-state index is 0.685. The monoisotopic (exact) mass is 448 g/mol. The zero-order valence-corrected chi connectivity index (χ0v) is 18.5. The number of para-hydroxylation sites is 1. The van der Waals surface area contributed by atoms with E-state index in [1.54, 1.807) is 0 Å². The van der Waals surface area contributed by atoms with E-state index in [-0.39, 0.29) is 0 Å². The van der Waals surface area contributed by atoms with Crippen LogP contribution < -0.4 is 0 Å². The van der Waals surface area contributed by atoms with Crippen molar-refractivity contribution in [2.75, 3.05) is 13.1 Å². The second kappa shape index (κ2) is 12.0. The summed E-state index contributed by atoms with van der Waals surface area (Å²) in [6, 6.07) is 17.6. The average Bonchev–Trinajstić information content (AvgIpc) is 2.69. The van der Waals surface area contributed by atoms with E-state index in [1.807, 2.05) is 54.6 Å². The van der Waals surface area contributed by atoms with Gasteiger partial charge in [-0.05, 0) is 0 Å². The summed E-state index contributed by atoms with van der Waals surface area (Å²) in [6.07, 6.45) is 4.63. The molecule has 143 valence electrons. The molecule has 3 nitrogen and oxygen atoms in total. The fourth-order valence-corrected chi connectivity index (χ4v) is 3.23. The standard InChI is InChI=1S/C22H27ClN3Se/c1-3-5-16-26(17-6-4-2)22(27)25-21(18-12-14-19(23)15-13-18)24-20-10-8-7-9-11-20/h7-15H,3-6,16-17H2,1-2H3. The van der Waals surface area contributed by atoms with E-state index in [4.69, 9.17) is 21.6 Å². The summed E-state index contributed by atoms with van der Waals surface area (Å²) in [5, 5.41) is 0.706. The second-order valence-corrected chi connectivity index (χ2v) is 7.57. The van der Waals surface area contributed by atoms with Crippen LogP contribution in [0.1, 0.15) is 45.1 Å². The van der Waals surface area contributed by atoms with E-state index in [0.717, 1.165) is 54.8 Å². The minimum atomic E-state index is 0.685. The summed E-state index contributed by atoms with van der Waals surface area (Å²) in [5.74, 6) is 0.685. The van der Waals surface area contributed by atoms with Crippen LogP contribution in [0.3, 0.4) is 0 Å². The van der Waals surface area contributed by atoms with Crippen molar-refractivity contribution in [1.29, 1.82) is 0 Å². The van der Waals surface area contributed by atoms with Gasteiger partial charge in [-0.3, -0.25) is 0 Å². The Bertz CT molecular complexity index is 734. The van der Waals surface area contributed by atoms with Crippen molar-refractivity contribution < 1.29 is 0 Å². The molecule has 0 heterocycles. The Morgan fingerprint density at radius 2 is 1.52 bits per heavy atom. The van der Waals surface area contributed by atoms with Crippen LogP contribution in [0.15, 0.2) is 64.6 Å². The van der Waals surface area contributed by atoms with Crippen LogP contribution in [-0.4, -0.2) is 44.6 Å². The van der Waals surface area contributed by atoms with Crippen LogP contribution in [0.4, 0.5) is 5.69 Å². The molecule has 0 aromatic heterocycles. The van der Waals surface area contributed by atoms with Crippen molar-refractivity contribution in [3.05, 3.63) is 65.2 Å². The number of nitrogens with zero attached hydrogens (tertiary/aromatic N) is 3. The summed E-state index contributed by atoms with van der Waals surface area (Å²) >= 11 is 9.22. The van der Waals surface area contributed by atoms with E-state index in [2.05, 4.69) is 34.8 Å². The van der Waals surface area contributed by atoms with Gasteiger partial charge in [0.2, 0.25) is 0 Å². The molecule has 0 aliphatic heterocycles. The van der Waals surface area contributed by atoms with Gasteiger partial charge in [0.05, 0.1) is 0 Å². The van der Waals surface area contributed by atoms with Crippen LogP contribution in [0.5, 0.6) is 0 Å². The third kappa shape index (κ3) is 7.49. The van der Waals surface area contributed by atoms with Gasteiger partial charge < -0.3 is 0 Å². The topological polar surface area (TPSA) is 28.0 Å². The first kappa shape index (κ1) is 21.7. The predicted octanol–water partition coefficient (Wildman–Crippen LogP) is 5.85. The zero-order valence-electron chi connectivity index (χ0n) is 16.1. The fourth-order valence-electron chi connectivity index (χ4n) is 2.54. The molecule has 2 aromatic rings. The van der Waals surface area contributed by atoms with Crippen molar-refractivity contribution in [2.45, 2.75) is 39.5 Å². The van der Waals surface area contributed by atoms with E-state index in [1.165, 1.54) is 0 Å². The molecule has 0 spiro atoms. The molecule has 0 amide bonds. The van der Waals surface area contributed by atoms with Gasteiger partial charge in [0.1, 0.15) is 0 Å². The van der Waals surface area contributed by atoms with Crippen molar-refractivity contribution in [3.8, 4) is 0 Å². The van der Waals surface area contributed by atoms with E-state index >= 15 is 0 Å². The molecule has 0 bridgehead atoms. The third-order valence-electron chi connectivity index (χ3n) is 4.13. The number of halogens is 1. The first-order valence-corrected chi connectivity index (χ1v) is 10.8. The van der Waals surface area contributed by atoms with Gasteiger partial charge >= 0.3 is 177 Å². The van der Waals surface area contributed by atoms with Crippen LogP contribution in [0, 0.1) is 0 Å². The number of rotatable bonds is 8. The van der Waals surface area contributed by atoms with Crippen LogP contribution in [-0.2, 0) is 0 Å². The number of hydrogen-bond donors (Lipinski definition) is 0. The Kier molecular flexibility index (Phi) is 9.61. The van der Waals surface area contributed by atoms with Gasteiger partial charge in [0.25, 0.3) is 0 Å². The molecule has 2 aromatic carbocycles. The van der Waals surface area contributed by atoms with Crippen molar-refractivity contribution in [2.24, 2.45) is 9.98 Å². The predicted molar refractivity (Wildman–Crippen MR) is 119 cm³/mol. The molecule has 0 aliphatic rings. The number of hydrogen-bond acceptors (Lipinski definition) is 1. The Hall–Kier alpha value is -1.61. The second-order valence-electron chi connectivity index (χ2n) is 6.37. The van der Waals surface area contributed by atoms with Gasteiger partial charge in [-0.25, -0.2) is 0 Å². The number of amidine groups is 2.